The average Bonchev–Trinajstić information content (AvgIpc) is 2.20. The van der Waals surface area contributed by atoms with Gasteiger partial charge < -0.3 is 56.7 Å². The SMILES string of the molecule is C=C1C[C@@H](CO[Si](C)(C)C(C)(C)C)N(C(=O)c2cc(OC)c(OCCCCCOc3cc(NC(=O)OC(C)(C)C)c(C(=O)N4CC(=C)C[C@H]4CC)cc3OC)cc2NC(=O)OCc2ccc(CC(=O)OCc3cc4c(n3C)C(=O)C=C(OC)C4=O)cc2)C1. The summed E-state index contributed by atoms with van der Waals surface area (Å²) in [5.41, 5.74) is 3.79. The molecule has 1 aromatic heterocycles. The number of aromatic nitrogens is 1. The third-order valence-electron chi connectivity index (χ3n) is 16.0. The highest BCUT2D eigenvalue weighted by molar-refractivity contribution is 6.74. The Morgan fingerprint density at radius 2 is 1.20 bits per heavy atom. The van der Waals surface area contributed by atoms with Gasteiger partial charge in [-0.3, -0.25) is 34.6 Å². The van der Waals surface area contributed by atoms with Crippen LogP contribution in [0.3, 0.4) is 0 Å². The standard InChI is InChI=1S/C66H85N5O16Si/c1-16-44-26-40(2)35-70(44)61(75)48-31-54(80-12)56(33-51(48)68-64(78)87-65(4,5)6)83-25-19-17-18-24-82-55-32-50(47(30-53(55)79-11)62(76)71-36-41(3)27-46(71)39-86-88(14,15)66(7,8)9)67-63(77)85-37-43-22-20-42(21-23-43)28-58(73)84-38-45-29-49-59(69(45)10)52(72)34-57(81-13)60(49)74/h20-23,29-34,44,46H,2-3,16-19,24-28,35-39H2,1,4-15H3,(H,67,77)(H,68,78)/t44-,46+/m1/s1. The molecule has 21 nitrogen and oxygen atoms in total. The maximum Gasteiger partial charge on any atom is 0.412 e. The predicted octanol–water partition coefficient (Wildman–Crippen LogP) is 11.9. The van der Waals surface area contributed by atoms with Gasteiger partial charge in [0.25, 0.3) is 11.8 Å². The molecule has 0 bridgehead atoms. The molecule has 0 saturated carbocycles. The van der Waals surface area contributed by atoms with Gasteiger partial charge in [-0.15, -0.1) is 0 Å². The molecule has 4 aromatic rings. The number of unbranched alkanes of at least 4 members (excludes halogenated alkanes) is 2. The molecule has 2 aliphatic heterocycles. The van der Waals surface area contributed by atoms with Crippen molar-refractivity contribution in [3.05, 3.63) is 130 Å². The normalized spacial score (nSPS) is 16.0. The quantitative estimate of drug-likeness (QED) is 0.0206. The molecule has 3 aliphatic rings. The van der Waals surface area contributed by atoms with Crippen molar-refractivity contribution in [2.24, 2.45) is 7.05 Å². The van der Waals surface area contributed by atoms with E-state index in [4.69, 9.17) is 42.3 Å². The van der Waals surface area contributed by atoms with Gasteiger partial charge in [0.1, 0.15) is 24.5 Å². The van der Waals surface area contributed by atoms with Gasteiger partial charge in [-0.05, 0) is 107 Å². The molecule has 4 amide bonds. The summed E-state index contributed by atoms with van der Waals surface area (Å²) in [5.74, 6) is -0.922. The minimum Gasteiger partial charge on any atom is -0.493 e. The Morgan fingerprint density at radius 3 is 1.73 bits per heavy atom. The molecule has 1 aliphatic carbocycles. The lowest BCUT2D eigenvalue weighted by molar-refractivity contribution is -0.144. The van der Waals surface area contributed by atoms with E-state index in [1.807, 2.05) is 6.92 Å². The van der Waals surface area contributed by atoms with Crippen LogP contribution in [0.25, 0.3) is 0 Å². The van der Waals surface area contributed by atoms with Crippen molar-refractivity contribution in [3.8, 4) is 23.0 Å². The van der Waals surface area contributed by atoms with Crippen molar-refractivity contribution in [1.29, 1.82) is 0 Å². The maximum absolute atomic E-state index is 14.8. The number of hydrogen-bond acceptors (Lipinski definition) is 16. The molecule has 88 heavy (non-hydrogen) atoms. The minimum absolute atomic E-state index is 0.0315. The highest BCUT2D eigenvalue weighted by Crippen LogP contribution is 2.41. The number of carbonyl (C=O) groups excluding carboxylic acids is 7. The number of methoxy groups -OCH3 is 3. The summed E-state index contributed by atoms with van der Waals surface area (Å²) in [6.07, 6.45) is 3.26. The fraction of sp³-hybridized carbons (Fsp3) is 0.470. The molecular formula is C66H85N5O16Si. The van der Waals surface area contributed by atoms with Crippen molar-refractivity contribution < 1.29 is 75.9 Å². The monoisotopic (exact) mass is 1230 g/mol. The number of carbonyl (C=O) groups is 7. The van der Waals surface area contributed by atoms with Crippen LogP contribution in [0, 0.1) is 0 Å². The summed E-state index contributed by atoms with van der Waals surface area (Å²) >= 11 is 0. The molecule has 2 N–H and O–H groups in total. The zero-order chi connectivity index (χ0) is 64.4. The molecular weight excluding hydrogens is 1150 g/mol. The molecule has 22 heteroatoms. The minimum atomic E-state index is -2.20. The first-order valence-electron chi connectivity index (χ1n) is 29.5. The van der Waals surface area contributed by atoms with Crippen LogP contribution in [0.1, 0.15) is 145 Å². The topological polar surface area (TPSA) is 238 Å². The Labute approximate surface area is 516 Å². The first kappa shape index (κ1) is 67.1. The smallest absolute Gasteiger partial charge is 0.412 e. The number of Topliss-reactive ketones (excluding diaryl/α,β-unsaturated/α-hetero) is 1. The number of fused-ring (bicyclic) bond motifs is 1. The van der Waals surface area contributed by atoms with Gasteiger partial charge in [0, 0.05) is 44.4 Å². The van der Waals surface area contributed by atoms with Crippen molar-refractivity contribution >= 4 is 61.2 Å². The Bertz CT molecular complexity index is 3350. The molecule has 2 fully saturated rings. The number of ether oxygens (including phenoxy) is 8. The number of allylic oxidation sites excluding steroid dienone is 2. The molecule has 2 atom stereocenters. The van der Waals surface area contributed by atoms with Crippen LogP contribution in [-0.4, -0.2) is 136 Å². The molecule has 0 radical (unpaired) electrons. The van der Waals surface area contributed by atoms with Crippen molar-refractivity contribution in [2.75, 3.05) is 64.9 Å². The number of esters is 1. The van der Waals surface area contributed by atoms with E-state index in [1.165, 1.54) is 32.0 Å². The fourth-order valence-corrected chi connectivity index (χ4v) is 11.2. The molecule has 3 aromatic carbocycles. The van der Waals surface area contributed by atoms with E-state index >= 15 is 0 Å². The van der Waals surface area contributed by atoms with Crippen LogP contribution in [-0.2, 0) is 54.9 Å². The second kappa shape index (κ2) is 28.6. The first-order chi connectivity index (χ1) is 41.5. The van der Waals surface area contributed by atoms with E-state index in [1.54, 1.807) is 86.1 Å². The Kier molecular flexibility index (Phi) is 21.8. The molecule has 474 valence electrons. The lowest BCUT2D eigenvalue weighted by atomic mass is 10.0. The molecule has 0 unspecified atom stereocenters. The van der Waals surface area contributed by atoms with Gasteiger partial charge in [0.2, 0.25) is 11.6 Å². The highest BCUT2D eigenvalue weighted by atomic mass is 28.4. The maximum atomic E-state index is 14.8. The summed E-state index contributed by atoms with van der Waals surface area (Å²) in [6.45, 7) is 27.5. The predicted molar refractivity (Wildman–Crippen MR) is 334 cm³/mol. The number of nitrogens with one attached hydrogen (secondary N) is 2. The van der Waals surface area contributed by atoms with E-state index in [-0.39, 0.29) is 125 Å². The lowest BCUT2D eigenvalue weighted by Crippen LogP contribution is -2.46. The van der Waals surface area contributed by atoms with E-state index < -0.39 is 37.9 Å². The Morgan fingerprint density at radius 1 is 0.670 bits per heavy atom. The van der Waals surface area contributed by atoms with Crippen LogP contribution in [0.15, 0.2) is 90.7 Å². The lowest BCUT2D eigenvalue weighted by Gasteiger charge is -2.38. The number of amides is 4. The molecule has 3 heterocycles. The van der Waals surface area contributed by atoms with Crippen molar-refractivity contribution in [3.63, 3.8) is 0 Å². The fourth-order valence-electron chi connectivity index (χ4n) is 10.2. The molecule has 2 saturated heterocycles. The van der Waals surface area contributed by atoms with Gasteiger partial charge >= 0.3 is 18.2 Å². The van der Waals surface area contributed by atoms with Crippen molar-refractivity contribution in [2.45, 2.75) is 142 Å². The summed E-state index contributed by atoms with van der Waals surface area (Å²) in [5, 5.41) is 5.49. The Hall–Kier alpha value is -8.37. The summed E-state index contributed by atoms with van der Waals surface area (Å²) in [4.78, 5) is 97.6. The molecule has 0 spiro atoms. The number of benzene rings is 3. The van der Waals surface area contributed by atoms with E-state index in [0.717, 1.165) is 23.6 Å². The summed E-state index contributed by atoms with van der Waals surface area (Å²) < 4.78 is 54.0. The number of nitrogens with zero attached hydrogens (tertiary/aromatic N) is 3. The van der Waals surface area contributed by atoms with Gasteiger partial charge in [-0.25, -0.2) is 9.59 Å². The van der Waals surface area contributed by atoms with E-state index in [0.29, 0.717) is 73.6 Å². The van der Waals surface area contributed by atoms with Gasteiger partial charge in [-0.1, -0.05) is 76.3 Å². The van der Waals surface area contributed by atoms with E-state index in [9.17, 15) is 33.6 Å². The zero-order valence-corrected chi connectivity index (χ0v) is 54.1. The van der Waals surface area contributed by atoms with E-state index in [2.05, 4.69) is 57.7 Å². The number of anilines is 2. The largest absolute Gasteiger partial charge is 0.493 e. The summed E-state index contributed by atoms with van der Waals surface area (Å²) in [6, 6.07) is 14.2. The van der Waals surface area contributed by atoms with Gasteiger partial charge in [-0.2, -0.15) is 0 Å². The second-order valence-electron chi connectivity index (χ2n) is 24.8. The first-order valence-corrected chi connectivity index (χ1v) is 32.4. The third kappa shape index (κ3) is 16.6. The van der Waals surface area contributed by atoms with Crippen LogP contribution < -0.4 is 29.6 Å². The van der Waals surface area contributed by atoms with Gasteiger partial charge in [0.15, 0.2) is 37.1 Å². The van der Waals surface area contributed by atoms with Crippen molar-refractivity contribution in [1.82, 2.24) is 14.4 Å². The van der Waals surface area contributed by atoms with Crippen LogP contribution >= 0.6 is 0 Å². The molecule has 7 rings (SSSR count). The number of likely N-dealkylation sites (tertiary alicyclic amines) is 2. The van der Waals surface area contributed by atoms with Crippen LogP contribution in [0.4, 0.5) is 21.0 Å². The highest BCUT2D eigenvalue weighted by Gasteiger charge is 2.41. The average molecular weight is 1230 g/mol. The number of ketones is 2. The van der Waals surface area contributed by atoms with Gasteiger partial charge in [0.05, 0.1) is 87.4 Å². The third-order valence-corrected chi connectivity index (χ3v) is 20.5. The number of hydrogen-bond donors (Lipinski definition) is 2. The van der Waals surface area contributed by atoms with Crippen LogP contribution in [0.2, 0.25) is 18.1 Å². The number of rotatable bonds is 25. The Balaban J connectivity index is 1.00. The zero-order valence-electron chi connectivity index (χ0n) is 53.1. The van der Waals surface area contributed by atoms with Crippen LogP contribution in [0.5, 0.6) is 23.0 Å². The second-order valence-corrected chi connectivity index (χ2v) is 29.6. The summed E-state index contributed by atoms with van der Waals surface area (Å²) in [7, 11) is 3.68.